The van der Waals surface area contributed by atoms with Crippen LogP contribution in [0.15, 0.2) is 5.38 Å². The Balaban J connectivity index is 1.70. The maximum absolute atomic E-state index is 4.75. The van der Waals surface area contributed by atoms with Gasteiger partial charge < -0.3 is 10.2 Å². The van der Waals surface area contributed by atoms with Gasteiger partial charge in [0, 0.05) is 25.0 Å². The number of thiazole rings is 1. The summed E-state index contributed by atoms with van der Waals surface area (Å²) >= 11 is 1.79. The Labute approximate surface area is 134 Å². The van der Waals surface area contributed by atoms with Gasteiger partial charge in [0.2, 0.25) is 0 Å². The molecule has 0 radical (unpaired) electrons. The van der Waals surface area contributed by atoms with Crippen LogP contribution in [-0.4, -0.2) is 30.0 Å². The van der Waals surface area contributed by atoms with Crippen molar-refractivity contribution >= 4 is 11.3 Å². The SMILES string of the molecule is CC(C)CNCc1nc(CN(C)CC2CCCCC2)cs1. The van der Waals surface area contributed by atoms with Crippen LogP contribution in [0.4, 0.5) is 0 Å². The Bertz CT molecular complexity index is 396. The zero-order chi connectivity index (χ0) is 15.1. The summed E-state index contributed by atoms with van der Waals surface area (Å²) in [5, 5.41) is 6.91. The molecule has 0 amide bonds. The first-order valence-electron chi connectivity index (χ1n) is 8.46. The number of rotatable bonds is 8. The maximum atomic E-state index is 4.75. The smallest absolute Gasteiger partial charge is 0.107 e. The van der Waals surface area contributed by atoms with Crippen LogP contribution >= 0.6 is 11.3 Å². The van der Waals surface area contributed by atoms with Crippen molar-refractivity contribution in [3.8, 4) is 0 Å². The van der Waals surface area contributed by atoms with E-state index in [1.54, 1.807) is 11.3 Å². The van der Waals surface area contributed by atoms with E-state index in [2.05, 4.69) is 36.5 Å². The molecule has 1 fully saturated rings. The minimum atomic E-state index is 0.700. The van der Waals surface area contributed by atoms with E-state index in [0.717, 1.165) is 25.6 Å². The predicted octanol–water partition coefficient (Wildman–Crippen LogP) is 3.90. The van der Waals surface area contributed by atoms with E-state index in [1.807, 2.05) is 0 Å². The van der Waals surface area contributed by atoms with Crippen LogP contribution in [0.3, 0.4) is 0 Å². The lowest BCUT2D eigenvalue weighted by Crippen LogP contribution is -2.26. The van der Waals surface area contributed by atoms with Gasteiger partial charge in [-0.25, -0.2) is 4.98 Å². The molecule has 1 saturated carbocycles. The summed E-state index contributed by atoms with van der Waals surface area (Å²) in [6.45, 7) is 8.68. The second-order valence-electron chi connectivity index (χ2n) is 6.96. The van der Waals surface area contributed by atoms with Gasteiger partial charge in [0.05, 0.1) is 5.69 Å². The van der Waals surface area contributed by atoms with Gasteiger partial charge in [0.15, 0.2) is 0 Å². The molecule has 0 atom stereocenters. The average molecular weight is 310 g/mol. The third-order valence-corrected chi connectivity index (χ3v) is 5.05. The third kappa shape index (κ3) is 6.45. The molecule has 0 aliphatic heterocycles. The lowest BCUT2D eigenvalue weighted by Gasteiger charge is -2.26. The molecule has 1 aromatic heterocycles. The average Bonchev–Trinajstić information content (AvgIpc) is 2.86. The molecular weight excluding hydrogens is 278 g/mol. The van der Waals surface area contributed by atoms with E-state index in [-0.39, 0.29) is 0 Å². The molecule has 1 aromatic rings. The summed E-state index contributed by atoms with van der Waals surface area (Å²) in [7, 11) is 2.24. The molecule has 0 saturated heterocycles. The monoisotopic (exact) mass is 309 g/mol. The molecule has 0 aromatic carbocycles. The molecule has 1 heterocycles. The van der Waals surface area contributed by atoms with Gasteiger partial charge in [0.1, 0.15) is 5.01 Å². The summed E-state index contributed by atoms with van der Waals surface area (Å²) in [5.74, 6) is 1.61. The van der Waals surface area contributed by atoms with Crippen molar-refractivity contribution in [3.63, 3.8) is 0 Å². The van der Waals surface area contributed by atoms with Crippen LogP contribution in [0.1, 0.15) is 56.7 Å². The quantitative estimate of drug-likeness (QED) is 0.789. The summed E-state index contributed by atoms with van der Waals surface area (Å²) < 4.78 is 0. The second-order valence-corrected chi connectivity index (χ2v) is 7.90. The van der Waals surface area contributed by atoms with Gasteiger partial charge in [-0.05, 0) is 38.3 Å². The molecule has 1 aliphatic carbocycles. The molecular formula is C17H31N3S. The van der Waals surface area contributed by atoms with E-state index in [1.165, 1.54) is 49.4 Å². The van der Waals surface area contributed by atoms with E-state index in [0.29, 0.717) is 5.92 Å². The fourth-order valence-electron chi connectivity index (χ4n) is 3.12. The van der Waals surface area contributed by atoms with Crippen molar-refractivity contribution < 1.29 is 0 Å². The normalized spacial score (nSPS) is 17.0. The Kier molecular flexibility index (Phi) is 7.14. The molecule has 3 nitrogen and oxygen atoms in total. The van der Waals surface area contributed by atoms with Crippen LogP contribution in [0, 0.1) is 11.8 Å². The Morgan fingerprint density at radius 1 is 1.33 bits per heavy atom. The lowest BCUT2D eigenvalue weighted by atomic mass is 9.89. The zero-order valence-corrected chi connectivity index (χ0v) is 14.7. The lowest BCUT2D eigenvalue weighted by molar-refractivity contribution is 0.226. The van der Waals surface area contributed by atoms with E-state index in [4.69, 9.17) is 4.98 Å². The first kappa shape index (κ1) is 16.9. The molecule has 0 spiro atoms. The van der Waals surface area contributed by atoms with Crippen molar-refractivity contribution in [2.24, 2.45) is 11.8 Å². The number of hydrogen-bond donors (Lipinski definition) is 1. The topological polar surface area (TPSA) is 28.2 Å². The fraction of sp³-hybridized carbons (Fsp3) is 0.824. The van der Waals surface area contributed by atoms with Crippen LogP contribution in [0.5, 0.6) is 0 Å². The zero-order valence-electron chi connectivity index (χ0n) is 13.9. The minimum Gasteiger partial charge on any atom is -0.310 e. The molecule has 1 aliphatic rings. The molecule has 2 rings (SSSR count). The van der Waals surface area contributed by atoms with Gasteiger partial charge in [-0.15, -0.1) is 11.3 Å². The maximum Gasteiger partial charge on any atom is 0.107 e. The van der Waals surface area contributed by atoms with Gasteiger partial charge in [0.25, 0.3) is 0 Å². The highest BCUT2D eigenvalue weighted by Crippen LogP contribution is 2.24. The Morgan fingerprint density at radius 3 is 2.81 bits per heavy atom. The van der Waals surface area contributed by atoms with E-state index < -0.39 is 0 Å². The molecule has 4 heteroatoms. The van der Waals surface area contributed by atoms with Crippen molar-refractivity contribution in [1.29, 1.82) is 0 Å². The van der Waals surface area contributed by atoms with E-state index >= 15 is 0 Å². The summed E-state index contributed by atoms with van der Waals surface area (Å²) in [6, 6.07) is 0. The summed E-state index contributed by atoms with van der Waals surface area (Å²) in [5.41, 5.74) is 1.24. The number of hydrogen-bond acceptors (Lipinski definition) is 4. The number of nitrogens with zero attached hydrogens (tertiary/aromatic N) is 2. The highest BCUT2D eigenvalue weighted by molar-refractivity contribution is 7.09. The van der Waals surface area contributed by atoms with Crippen LogP contribution in [0.25, 0.3) is 0 Å². The van der Waals surface area contributed by atoms with Gasteiger partial charge in [-0.3, -0.25) is 0 Å². The van der Waals surface area contributed by atoms with Gasteiger partial charge >= 0.3 is 0 Å². The fourth-order valence-corrected chi connectivity index (χ4v) is 3.88. The molecule has 120 valence electrons. The standard InChI is InChI=1S/C17H31N3S/c1-14(2)9-18-10-17-19-16(13-21-17)12-20(3)11-15-7-5-4-6-8-15/h13-15,18H,4-12H2,1-3H3. The molecule has 0 unspecified atom stereocenters. The van der Waals surface area contributed by atoms with Crippen LogP contribution in [0.2, 0.25) is 0 Å². The first-order chi connectivity index (χ1) is 10.1. The third-order valence-electron chi connectivity index (χ3n) is 4.15. The van der Waals surface area contributed by atoms with Crippen molar-refractivity contribution in [1.82, 2.24) is 15.2 Å². The second kappa shape index (κ2) is 8.86. The van der Waals surface area contributed by atoms with Crippen molar-refractivity contribution in [2.45, 2.75) is 59.0 Å². The Morgan fingerprint density at radius 2 is 2.10 bits per heavy atom. The highest BCUT2D eigenvalue weighted by atomic mass is 32.1. The summed E-state index contributed by atoms with van der Waals surface area (Å²) in [4.78, 5) is 7.21. The highest BCUT2D eigenvalue weighted by Gasteiger charge is 2.16. The van der Waals surface area contributed by atoms with Crippen molar-refractivity contribution in [3.05, 3.63) is 16.1 Å². The van der Waals surface area contributed by atoms with Crippen molar-refractivity contribution in [2.75, 3.05) is 20.1 Å². The molecule has 1 N–H and O–H groups in total. The van der Waals surface area contributed by atoms with Crippen LogP contribution < -0.4 is 5.32 Å². The number of nitrogens with one attached hydrogen (secondary N) is 1. The predicted molar refractivity (Wildman–Crippen MR) is 91.6 cm³/mol. The van der Waals surface area contributed by atoms with Crippen LogP contribution in [-0.2, 0) is 13.1 Å². The number of aromatic nitrogens is 1. The first-order valence-corrected chi connectivity index (χ1v) is 9.34. The Hall–Kier alpha value is -0.450. The molecule has 21 heavy (non-hydrogen) atoms. The largest absolute Gasteiger partial charge is 0.310 e. The van der Waals surface area contributed by atoms with E-state index in [9.17, 15) is 0 Å². The van der Waals surface area contributed by atoms with Gasteiger partial charge in [-0.2, -0.15) is 0 Å². The molecule has 0 bridgehead atoms. The minimum absolute atomic E-state index is 0.700. The van der Waals surface area contributed by atoms with Gasteiger partial charge in [-0.1, -0.05) is 33.1 Å². The summed E-state index contributed by atoms with van der Waals surface area (Å²) in [6.07, 6.45) is 7.15.